The summed E-state index contributed by atoms with van der Waals surface area (Å²) >= 11 is 0. The van der Waals surface area contributed by atoms with Gasteiger partial charge in [-0.25, -0.2) is 14.3 Å². The molecule has 140 valence electrons. The zero-order chi connectivity index (χ0) is 18.7. The van der Waals surface area contributed by atoms with Crippen molar-refractivity contribution < 1.29 is 9.53 Å². The number of methoxy groups -OCH3 is 1. The maximum absolute atomic E-state index is 12.5. The molecule has 8 nitrogen and oxygen atoms in total. The predicted octanol–water partition coefficient (Wildman–Crippen LogP) is 1.14. The van der Waals surface area contributed by atoms with Crippen LogP contribution in [0.5, 0.6) is 5.75 Å². The van der Waals surface area contributed by atoms with E-state index >= 15 is 0 Å². The number of hydrogen-bond acceptors (Lipinski definition) is 4. The van der Waals surface area contributed by atoms with Gasteiger partial charge < -0.3 is 15.0 Å². The van der Waals surface area contributed by atoms with Gasteiger partial charge in [-0.1, -0.05) is 12.1 Å². The van der Waals surface area contributed by atoms with Crippen molar-refractivity contribution in [2.75, 3.05) is 14.2 Å². The first-order valence-corrected chi connectivity index (χ1v) is 8.76. The molecule has 0 fully saturated rings. The Bertz CT molecular complexity index is 842. The quantitative estimate of drug-likeness (QED) is 0.887. The minimum Gasteiger partial charge on any atom is -0.497 e. The zero-order valence-electron chi connectivity index (χ0n) is 15.4. The molecular weight excluding hydrogens is 334 g/mol. The lowest BCUT2D eigenvalue weighted by Gasteiger charge is -2.27. The van der Waals surface area contributed by atoms with E-state index < -0.39 is 0 Å². The highest BCUT2D eigenvalue weighted by Crippen LogP contribution is 2.17. The second-order valence-electron chi connectivity index (χ2n) is 6.58. The molecule has 1 aliphatic rings. The molecular formula is C18H25N5O3. The number of nitrogens with zero attached hydrogens (tertiary/aromatic N) is 4. The molecule has 0 spiro atoms. The molecule has 1 atom stereocenters. The summed E-state index contributed by atoms with van der Waals surface area (Å²) in [4.78, 5) is 26.3. The summed E-state index contributed by atoms with van der Waals surface area (Å²) in [5.74, 6) is 1.56. The topological polar surface area (TPSA) is 81.4 Å². The van der Waals surface area contributed by atoms with Gasteiger partial charge in [0.15, 0.2) is 0 Å². The third kappa shape index (κ3) is 3.74. The molecule has 0 saturated heterocycles. The van der Waals surface area contributed by atoms with Crippen molar-refractivity contribution >= 4 is 6.03 Å². The van der Waals surface area contributed by atoms with Crippen molar-refractivity contribution in [3.8, 4) is 5.75 Å². The molecule has 1 aliphatic heterocycles. The fourth-order valence-electron chi connectivity index (χ4n) is 3.32. The lowest BCUT2D eigenvalue weighted by molar-refractivity contribution is 0.182. The molecule has 1 aromatic carbocycles. The minimum absolute atomic E-state index is 0.0757. The van der Waals surface area contributed by atoms with Gasteiger partial charge in [0.05, 0.1) is 7.11 Å². The molecule has 0 saturated carbocycles. The first-order valence-electron chi connectivity index (χ1n) is 8.76. The Balaban J connectivity index is 1.57. The monoisotopic (exact) mass is 359 g/mol. The fraction of sp³-hybridized carbons (Fsp3) is 0.500. The highest BCUT2D eigenvalue weighted by Gasteiger charge is 2.25. The molecule has 1 unspecified atom stereocenters. The van der Waals surface area contributed by atoms with Crippen LogP contribution in [0.4, 0.5) is 4.79 Å². The molecule has 0 radical (unpaired) electrons. The largest absolute Gasteiger partial charge is 0.497 e. The summed E-state index contributed by atoms with van der Waals surface area (Å²) in [7, 11) is 5.09. The summed E-state index contributed by atoms with van der Waals surface area (Å²) in [6, 6.07) is 7.58. The standard InChI is InChI=1S/C18H25N5O3/c1-21(17(24)19-12-13-5-4-6-15(11-13)26-3)14-7-8-16-20-22(2)18(25)23(16)10-9-14/h4-6,11,14H,7-10,12H2,1-3H3,(H,19,24). The summed E-state index contributed by atoms with van der Waals surface area (Å²) in [5.41, 5.74) is 0.890. The van der Waals surface area contributed by atoms with Crippen molar-refractivity contribution in [2.45, 2.75) is 38.4 Å². The number of hydrogen-bond donors (Lipinski definition) is 1. The van der Waals surface area contributed by atoms with Gasteiger partial charge in [-0.05, 0) is 30.5 Å². The molecule has 26 heavy (non-hydrogen) atoms. The normalized spacial score (nSPS) is 16.5. The number of carbonyl (C=O) groups is 1. The van der Waals surface area contributed by atoms with Gasteiger partial charge in [-0.2, -0.15) is 5.10 Å². The van der Waals surface area contributed by atoms with Crippen LogP contribution in [-0.2, 0) is 26.6 Å². The summed E-state index contributed by atoms with van der Waals surface area (Å²) in [5, 5.41) is 7.22. The van der Waals surface area contributed by atoms with Gasteiger partial charge >= 0.3 is 11.7 Å². The van der Waals surface area contributed by atoms with Crippen LogP contribution in [0.3, 0.4) is 0 Å². The van der Waals surface area contributed by atoms with Crippen LogP contribution >= 0.6 is 0 Å². The summed E-state index contributed by atoms with van der Waals surface area (Å²) < 4.78 is 8.29. The van der Waals surface area contributed by atoms with Crippen molar-refractivity contribution in [3.05, 3.63) is 46.1 Å². The van der Waals surface area contributed by atoms with Gasteiger partial charge in [0, 0.05) is 39.6 Å². The molecule has 2 amide bonds. The molecule has 1 aromatic heterocycles. The first kappa shape index (κ1) is 18.0. The number of carbonyl (C=O) groups excluding carboxylic acids is 1. The van der Waals surface area contributed by atoms with Crippen molar-refractivity contribution in [1.29, 1.82) is 0 Å². The van der Waals surface area contributed by atoms with Crippen LogP contribution in [0, 0.1) is 0 Å². The van der Waals surface area contributed by atoms with Gasteiger partial charge in [0.25, 0.3) is 0 Å². The van der Waals surface area contributed by atoms with E-state index in [1.54, 1.807) is 30.7 Å². The van der Waals surface area contributed by atoms with E-state index in [-0.39, 0.29) is 17.8 Å². The maximum Gasteiger partial charge on any atom is 0.345 e. The van der Waals surface area contributed by atoms with Gasteiger partial charge in [0.1, 0.15) is 11.6 Å². The Morgan fingerprint density at radius 3 is 3.00 bits per heavy atom. The second-order valence-corrected chi connectivity index (χ2v) is 6.58. The van der Waals surface area contributed by atoms with Crippen LogP contribution < -0.4 is 15.7 Å². The second kappa shape index (κ2) is 7.63. The molecule has 3 rings (SSSR count). The van der Waals surface area contributed by atoms with E-state index in [1.165, 1.54) is 4.68 Å². The highest BCUT2D eigenvalue weighted by atomic mass is 16.5. The van der Waals surface area contributed by atoms with Crippen LogP contribution in [0.2, 0.25) is 0 Å². The summed E-state index contributed by atoms with van der Waals surface area (Å²) in [6.07, 6.45) is 2.22. The smallest absolute Gasteiger partial charge is 0.345 e. The van der Waals surface area contributed by atoms with Crippen molar-refractivity contribution in [3.63, 3.8) is 0 Å². The van der Waals surface area contributed by atoms with Crippen LogP contribution in [0.25, 0.3) is 0 Å². The lowest BCUT2D eigenvalue weighted by atomic mass is 10.1. The third-order valence-corrected chi connectivity index (χ3v) is 4.92. The van der Waals surface area contributed by atoms with Crippen LogP contribution in [0.1, 0.15) is 24.2 Å². The zero-order valence-corrected chi connectivity index (χ0v) is 15.4. The number of ether oxygens (including phenoxy) is 1. The molecule has 0 aliphatic carbocycles. The van der Waals surface area contributed by atoms with Crippen molar-refractivity contribution in [2.24, 2.45) is 7.05 Å². The lowest BCUT2D eigenvalue weighted by Crippen LogP contribution is -2.43. The number of benzene rings is 1. The number of rotatable bonds is 4. The Hall–Kier alpha value is -2.77. The number of nitrogens with one attached hydrogen (secondary N) is 1. The van der Waals surface area contributed by atoms with Gasteiger partial charge in [-0.3, -0.25) is 4.57 Å². The van der Waals surface area contributed by atoms with Crippen LogP contribution in [0.15, 0.2) is 29.1 Å². The Morgan fingerprint density at radius 1 is 1.42 bits per heavy atom. The molecule has 1 N–H and O–H groups in total. The molecule has 8 heteroatoms. The average molecular weight is 359 g/mol. The van der Waals surface area contributed by atoms with E-state index in [1.807, 2.05) is 24.3 Å². The van der Waals surface area contributed by atoms with E-state index in [4.69, 9.17) is 4.74 Å². The van der Waals surface area contributed by atoms with E-state index in [0.717, 1.165) is 30.0 Å². The predicted molar refractivity (Wildman–Crippen MR) is 97.2 cm³/mol. The van der Waals surface area contributed by atoms with Crippen LogP contribution in [-0.4, -0.2) is 45.5 Å². The Kier molecular flexibility index (Phi) is 5.29. The van der Waals surface area contributed by atoms with Gasteiger partial charge in [-0.15, -0.1) is 0 Å². The highest BCUT2D eigenvalue weighted by molar-refractivity contribution is 5.74. The SMILES string of the molecule is COc1cccc(CNC(=O)N(C)C2CCc3nn(C)c(=O)n3CC2)c1. The average Bonchev–Trinajstić information content (AvgIpc) is 2.82. The Morgan fingerprint density at radius 2 is 2.23 bits per heavy atom. The fourth-order valence-corrected chi connectivity index (χ4v) is 3.32. The molecule has 2 aromatic rings. The van der Waals surface area contributed by atoms with E-state index in [9.17, 15) is 9.59 Å². The Labute approximate surface area is 152 Å². The van der Waals surface area contributed by atoms with E-state index in [0.29, 0.717) is 19.5 Å². The number of aromatic nitrogens is 3. The summed E-state index contributed by atoms with van der Waals surface area (Å²) in [6.45, 7) is 1.02. The van der Waals surface area contributed by atoms with Gasteiger partial charge in [0.2, 0.25) is 0 Å². The minimum atomic E-state index is -0.120. The molecule has 2 heterocycles. The number of aryl methyl sites for hydroxylation is 2. The number of amides is 2. The first-order chi connectivity index (χ1) is 12.5. The maximum atomic E-state index is 12.5. The van der Waals surface area contributed by atoms with Crippen molar-refractivity contribution in [1.82, 2.24) is 24.6 Å². The number of fused-ring (bicyclic) bond motifs is 1. The van der Waals surface area contributed by atoms with E-state index in [2.05, 4.69) is 10.4 Å². The third-order valence-electron chi connectivity index (χ3n) is 4.92. The number of urea groups is 1. The molecule has 0 bridgehead atoms.